The Bertz CT molecular complexity index is 1280. The van der Waals surface area contributed by atoms with Crippen LogP contribution in [0.1, 0.15) is 36.5 Å². The molecule has 0 aliphatic heterocycles. The number of rotatable bonds is 8. The average Bonchev–Trinajstić information content (AvgIpc) is 3.20. The summed E-state index contributed by atoms with van der Waals surface area (Å²) in [5.74, 6) is 0.382. The number of unbranched alkanes of at least 4 members (excludes halogenated alkanes) is 1. The average molecular weight is 463 g/mol. The highest BCUT2D eigenvalue weighted by Crippen LogP contribution is 2.27. The van der Waals surface area contributed by atoms with Crippen LogP contribution in [0.15, 0.2) is 54.6 Å². The number of carbonyl (C=O) groups excluding carboxylic acids is 1. The second kappa shape index (κ2) is 10.0. The van der Waals surface area contributed by atoms with Crippen molar-refractivity contribution in [1.29, 1.82) is 0 Å². The standard InChI is InChI=1S/C26H27ClN4O2/c1-4-5-6-19-8-10-20(11-9-19)31-29-23-14-21(27)22(15-24(23)30-31)28-26(32)16-33-25-12-7-17(2)13-18(25)3/h7-15H,4-6,16H2,1-3H3,(H,28,32). The van der Waals surface area contributed by atoms with E-state index in [4.69, 9.17) is 16.3 Å². The van der Waals surface area contributed by atoms with Gasteiger partial charge in [0, 0.05) is 0 Å². The molecule has 4 aromatic rings. The highest BCUT2D eigenvalue weighted by atomic mass is 35.5. The Morgan fingerprint density at radius 3 is 2.45 bits per heavy atom. The van der Waals surface area contributed by atoms with E-state index in [1.807, 2.05) is 44.2 Å². The molecule has 4 rings (SSSR count). The van der Waals surface area contributed by atoms with E-state index >= 15 is 0 Å². The normalized spacial score (nSPS) is 11.0. The van der Waals surface area contributed by atoms with Gasteiger partial charge >= 0.3 is 0 Å². The molecule has 0 aliphatic rings. The minimum Gasteiger partial charge on any atom is -0.483 e. The Balaban J connectivity index is 1.46. The molecule has 33 heavy (non-hydrogen) atoms. The second-order valence-corrected chi connectivity index (χ2v) is 8.59. The zero-order chi connectivity index (χ0) is 23.4. The van der Waals surface area contributed by atoms with Crippen molar-refractivity contribution >= 4 is 34.2 Å². The lowest BCUT2D eigenvalue weighted by Gasteiger charge is -2.11. The van der Waals surface area contributed by atoms with Crippen molar-refractivity contribution in [3.05, 3.63) is 76.3 Å². The molecule has 1 aromatic heterocycles. The van der Waals surface area contributed by atoms with E-state index in [-0.39, 0.29) is 12.5 Å². The molecule has 1 amide bonds. The number of hydrogen-bond donors (Lipinski definition) is 1. The molecule has 6 nitrogen and oxygen atoms in total. The van der Waals surface area contributed by atoms with Gasteiger partial charge in [-0.15, -0.1) is 10.2 Å². The number of aryl methyl sites for hydroxylation is 3. The van der Waals surface area contributed by atoms with E-state index in [1.54, 1.807) is 16.9 Å². The number of carbonyl (C=O) groups is 1. The topological polar surface area (TPSA) is 69.0 Å². The maximum Gasteiger partial charge on any atom is 0.262 e. The van der Waals surface area contributed by atoms with Crippen molar-refractivity contribution in [1.82, 2.24) is 15.0 Å². The van der Waals surface area contributed by atoms with Crippen molar-refractivity contribution in [3.63, 3.8) is 0 Å². The summed E-state index contributed by atoms with van der Waals surface area (Å²) in [6, 6.07) is 17.5. The largest absolute Gasteiger partial charge is 0.483 e. The Labute approximate surface area is 198 Å². The molecule has 0 radical (unpaired) electrons. The summed E-state index contributed by atoms with van der Waals surface area (Å²) in [6.07, 6.45) is 3.41. The quantitative estimate of drug-likeness (QED) is 0.346. The summed E-state index contributed by atoms with van der Waals surface area (Å²) < 4.78 is 5.66. The third-order valence-electron chi connectivity index (χ3n) is 5.42. The number of aromatic nitrogens is 3. The summed E-state index contributed by atoms with van der Waals surface area (Å²) >= 11 is 6.40. The number of halogens is 1. The van der Waals surface area contributed by atoms with E-state index in [2.05, 4.69) is 34.6 Å². The van der Waals surface area contributed by atoms with E-state index in [0.717, 1.165) is 23.2 Å². The smallest absolute Gasteiger partial charge is 0.262 e. The molecule has 0 unspecified atom stereocenters. The molecule has 0 bridgehead atoms. The van der Waals surface area contributed by atoms with Crippen molar-refractivity contribution < 1.29 is 9.53 Å². The van der Waals surface area contributed by atoms with Gasteiger partial charge in [0.2, 0.25) is 0 Å². The number of ether oxygens (including phenoxy) is 1. The first-order valence-electron chi connectivity index (χ1n) is 11.1. The molecular weight excluding hydrogens is 436 g/mol. The van der Waals surface area contributed by atoms with E-state index in [0.29, 0.717) is 27.5 Å². The Hall–Kier alpha value is -3.38. The van der Waals surface area contributed by atoms with Crippen molar-refractivity contribution in [2.75, 3.05) is 11.9 Å². The Kier molecular flexibility index (Phi) is 6.94. The Morgan fingerprint density at radius 2 is 1.76 bits per heavy atom. The van der Waals surface area contributed by atoms with Gasteiger partial charge in [0.05, 0.1) is 16.4 Å². The summed E-state index contributed by atoms with van der Waals surface area (Å²) in [6.45, 7) is 6.04. The lowest BCUT2D eigenvalue weighted by molar-refractivity contribution is -0.118. The predicted octanol–water partition coefficient (Wildman–Crippen LogP) is 6.05. The van der Waals surface area contributed by atoms with Gasteiger partial charge in [0.25, 0.3) is 5.91 Å². The van der Waals surface area contributed by atoms with Crippen molar-refractivity contribution in [2.45, 2.75) is 40.0 Å². The minimum atomic E-state index is -0.300. The van der Waals surface area contributed by atoms with Crippen molar-refractivity contribution in [2.24, 2.45) is 0 Å². The molecule has 0 saturated carbocycles. The number of hydrogen-bond acceptors (Lipinski definition) is 4. The fourth-order valence-corrected chi connectivity index (χ4v) is 3.82. The van der Waals surface area contributed by atoms with Crippen LogP contribution in [-0.4, -0.2) is 27.5 Å². The van der Waals surface area contributed by atoms with Crippen LogP contribution in [0.25, 0.3) is 16.7 Å². The third kappa shape index (κ3) is 5.52. The molecule has 1 N–H and O–H groups in total. The molecule has 0 spiro atoms. The maximum atomic E-state index is 12.4. The van der Waals surface area contributed by atoms with Gasteiger partial charge in [-0.25, -0.2) is 0 Å². The fourth-order valence-electron chi connectivity index (χ4n) is 3.62. The molecule has 0 fully saturated rings. The number of anilines is 1. The molecule has 7 heteroatoms. The molecular formula is C26H27ClN4O2. The lowest BCUT2D eigenvalue weighted by atomic mass is 10.1. The van der Waals surface area contributed by atoms with Gasteiger partial charge in [-0.2, -0.15) is 4.80 Å². The van der Waals surface area contributed by atoms with Gasteiger partial charge in [0.1, 0.15) is 16.8 Å². The first-order valence-corrected chi connectivity index (χ1v) is 11.5. The first kappa shape index (κ1) is 22.8. The molecule has 0 aliphatic carbocycles. The van der Waals surface area contributed by atoms with Crippen LogP contribution in [-0.2, 0) is 11.2 Å². The number of nitrogens with zero attached hydrogens (tertiary/aromatic N) is 3. The van der Waals surface area contributed by atoms with Gasteiger partial charge in [-0.05, 0) is 68.1 Å². The van der Waals surface area contributed by atoms with Crippen LogP contribution in [0.3, 0.4) is 0 Å². The SMILES string of the molecule is CCCCc1ccc(-n2nc3cc(Cl)c(NC(=O)COc4ccc(C)cc4C)cc3n2)cc1. The lowest BCUT2D eigenvalue weighted by Crippen LogP contribution is -2.20. The highest BCUT2D eigenvalue weighted by Gasteiger charge is 2.13. The third-order valence-corrected chi connectivity index (χ3v) is 5.73. The van der Waals surface area contributed by atoms with Crippen LogP contribution in [0, 0.1) is 13.8 Å². The summed E-state index contributed by atoms with van der Waals surface area (Å²) in [5, 5.41) is 12.3. The van der Waals surface area contributed by atoms with Gasteiger partial charge in [-0.3, -0.25) is 4.79 Å². The zero-order valence-corrected chi connectivity index (χ0v) is 19.8. The van der Waals surface area contributed by atoms with E-state index in [9.17, 15) is 4.79 Å². The number of nitrogens with one attached hydrogen (secondary N) is 1. The monoisotopic (exact) mass is 462 g/mol. The van der Waals surface area contributed by atoms with E-state index < -0.39 is 0 Å². The van der Waals surface area contributed by atoms with Crippen LogP contribution in [0.4, 0.5) is 5.69 Å². The molecule has 3 aromatic carbocycles. The van der Waals surface area contributed by atoms with Crippen LogP contribution < -0.4 is 10.1 Å². The van der Waals surface area contributed by atoms with Gasteiger partial charge < -0.3 is 10.1 Å². The number of fused-ring (bicyclic) bond motifs is 1. The zero-order valence-electron chi connectivity index (χ0n) is 19.1. The number of amides is 1. The predicted molar refractivity (Wildman–Crippen MR) is 133 cm³/mol. The second-order valence-electron chi connectivity index (χ2n) is 8.19. The van der Waals surface area contributed by atoms with E-state index in [1.165, 1.54) is 18.4 Å². The fraction of sp³-hybridized carbons (Fsp3) is 0.269. The summed E-state index contributed by atoms with van der Waals surface area (Å²) in [5.41, 5.74) is 6.06. The summed E-state index contributed by atoms with van der Waals surface area (Å²) in [7, 11) is 0. The number of benzene rings is 3. The van der Waals surface area contributed by atoms with Crippen LogP contribution in [0.2, 0.25) is 5.02 Å². The molecule has 0 atom stereocenters. The van der Waals surface area contributed by atoms with Gasteiger partial charge in [0.15, 0.2) is 6.61 Å². The van der Waals surface area contributed by atoms with Crippen molar-refractivity contribution in [3.8, 4) is 11.4 Å². The van der Waals surface area contributed by atoms with Crippen LogP contribution >= 0.6 is 11.6 Å². The van der Waals surface area contributed by atoms with Crippen LogP contribution in [0.5, 0.6) is 5.75 Å². The van der Waals surface area contributed by atoms with Gasteiger partial charge in [-0.1, -0.05) is 54.8 Å². The molecule has 0 saturated heterocycles. The highest BCUT2D eigenvalue weighted by molar-refractivity contribution is 6.34. The maximum absolute atomic E-state index is 12.4. The Morgan fingerprint density at radius 1 is 1.03 bits per heavy atom. The molecule has 1 heterocycles. The summed E-state index contributed by atoms with van der Waals surface area (Å²) in [4.78, 5) is 14.0. The minimum absolute atomic E-state index is 0.116. The molecule has 170 valence electrons. The first-order chi connectivity index (χ1) is 15.9.